The molecule has 0 radical (unpaired) electrons. The van der Waals surface area contributed by atoms with Gasteiger partial charge in [-0.1, -0.05) is 19.8 Å². The van der Waals surface area contributed by atoms with Crippen LogP contribution in [0.15, 0.2) is 12.1 Å². The van der Waals surface area contributed by atoms with E-state index in [2.05, 4.69) is 21.8 Å². The molecule has 2 aromatic rings. The van der Waals surface area contributed by atoms with Gasteiger partial charge in [-0.3, -0.25) is 4.79 Å². The Hall–Kier alpha value is -1.82. The van der Waals surface area contributed by atoms with Crippen LogP contribution in [0.4, 0.5) is 5.69 Å². The van der Waals surface area contributed by atoms with Gasteiger partial charge in [0, 0.05) is 12.6 Å². The molecule has 1 aromatic carbocycles. The molecule has 0 saturated carbocycles. The molecule has 0 saturated heterocycles. The summed E-state index contributed by atoms with van der Waals surface area (Å²) in [6.45, 7) is 4.82. The van der Waals surface area contributed by atoms with E-state index in [-0.39, 0.29) is 5.91 Å². The number of carbonyl (C=O) groups excluding carboxylic acids is 1. The molecule has 1 amide bonds. The lowest BCUT2D eigenvalue weighted by Crippen LogP contribution is -2.34. The largest absolute Gasteiger partial charge is 0.479 e. The summed E-state index contributed by atoms with van der Waals surface area (Å²) in [4.78, 5) is 14.9. The van der Waals surface area contributed by atoms with E-state index in [1.54, 1.807) is 6.92 Å². The summed E-state index contributed by atoms with van der Waals surface area (Å²) < 4.78 is 8.48. The standard InChI is InChI=1S/C15H19N3O2S/c1-3-4-5-6-18-12-8-13-11(7-10(12)17-15(18)21)16-14(19)9(2)20-13/h7-9H,3-6H2,1-2H3,(H,16,19)(H,17,21). The van der Waals surface area contributed by atoms with Crippen LogP contribution in [0.2, 0.25) is 0 Å². The molecule has 3 rings (SSSR count). The SMILES string of the molecule is CCCCCn1c(=S)[nH]c2cc3c(cc21)OC(C)C(=O)N3. The van der Waals surface area contributed by atoms with Gasteiger partial charge in [-0.15, -0.1) is 0 Å². The Labute approximate surface area is 128 Å². The van der Waals surface area contributed by atoms with Crippen LogP contribution in [0.25, 0.3) is 11.0 Å². The molecular weight excluding hydrogens is 286 g/mol. The molecule has 0 spiro atoms. The average Bonchev–Trinajstić information content (AvgIpc) is 2.74. The number of hydrogen-bond donors (Lipinski definition) is 2. The summed E-state index contributed by atoms with van der Waals surface area (Å²) in [5.41, 5.74) is 2.65. The number of aromatic amines is 1. The van der Waals surface area contributed by atoms with Crippen molar-refractivity contribution in [2.24, 2.45) is 0 Å². The van der Waals surface area contributed by atoms with Crippen molar-refractivity contribution in [2.75, 3.05) is 5.32 Å². The predicted molar refractivity (Wildman–Crippen MR) is 85.4 cm³/mol. The molecule has 0 aliphatic carbocycles. The summed E-state index contributed by atoms with van der Waals surface area (Å²) in [6.07, 6.45) is 2.99. The second-order valence-corrected chi connectivity index (χ2v) is 5.79. The van der Waals surface area contributed by atoms with Crippen molar-refractivity contribution >= 4 is 34.8 Å². The van der Waals surface area contributed by atoms with Gasteiger partial charge in [0.25, 0.3) is 5.91 Å². The number of H-pyrrole nitrogens is 1. The molecule has 0 bridgehead atoms. The van der Waals surface area contributed by atoms with Crippen LogP contribution in [0.1, 0.15) is 33.1 Å². The van der Waals surface area contributed by atoms with Gasteiger partial charge < -0.3 is 19.6 Å². The number of ether oxygens (including phenoxy) is 1. The number of imidazole rings is 1. The Morgan fingerprint density at radius 1 is 1.38 bits per heavy atom. The molecular formula is C15H19N3O2S. The zero-order valence-corrected chi connectivity index (χ0v) is 13.0. The van der Waals surface area contributed by atoms with E-state index in [9.17, 15) is 4.79 Å². The lowest BCUT2D eigenvalue weighted by molar-refractivity contribution is -0.122. The fraction of sp³-hybridized carbons (Fsp3) is 0.467. The molecule has 0 fully saturated rings. The lowest BCUT2D eigenvalue weighted by atomic mass is 10.2. The highest BCUT2D eigenvalue weighted by molar-refractivity contribution is 7.71. The fourth-order valence-corrected chi connectivity index (χ4v) is 2.90. The van der Waals surface area contributed by atoms with Crippen molar-refractivity contribution in [1.82, 2.24) is 9.55 Å². The monoisotopic (exact) mass is 305 g/mol. The highest BCUT2D eigenvalue weighted by atomic mass is 32.1. The molecule has 2 N–H and O–H groups in total. The van der Waals surface area contributed by atoms with Crippen molar-refractivity contribution in [2.45, 2.75) is 45.8 Å². The average molecular weight is 305 g/mol. The lowest BCUT2D eigenvalue weighted by Gasteiger charge is -2.23. The Morgan fingerprint density at radius 3 is 2.95 bits per heavy atom. The highest BCUT2D eigenvalue weighted by Crippen LogP contribution is 2.34. The van der Waals surface area contributed by atoms with Crippen LogP contribution in [0.5, 0.6) is 5.75 Å². The topological polar surface area (TPSA) is 59.0 Å². The Morgan fingerprint density at radius 2 is 2.19 bits per heavy atom. The number of amides is 1. The first-order valence-electron chi connectivity index (χ1n) is 7.34. The number of aromatic nitrogens is 2. The third kappa shape index (κ3) is 2.55. The first-order valence-corrected chi connectivity index (χ1v) is 7.75. The summed E-state index contributed by atoms with van der Waals surface area (Å²) in [6, 6.07) is 3.85. The Kier molecular flexibility index (Phi) is 3.71. The number of benzene rings is 1. The van der Waals surface area contributed by atoms with Crippen molar-refractivity contribution < 1.29 is 9.53 Å². The van der Waals surface area contributed by atoms with Crippen molar-refractivity contribution in [3.05, 3.63) is 16.9 Å². The number of aryl methyl sites for hydroxylation is 1. The van der Waals surface area contributed by atoms with E-state index >= 15 is 0 Å². The van der Waals surface area contributed by atoms with Gasteiger partial charge in [-0.05, 0) is 31.6 Å². The summed E-state index contributed by atoms with van der Waals surface area (Å²) in [5, 5.41) is 2.86. The van der Waals surface area contributed by atoms with Crippen molar-refractivity contribution in [3.8, 4) is 5.75 Å². The quantitative estimate of drug-likeness (QED) is 0.670. The number of fused-ring (bicyclic) bond motifs is 2. The first kappa shape index (κ1) is 14.1. The number of unbranched alkanes of at least 4 members (excludes halogenated alkanes) is 2. The number of hydrogen-bond acceptors (Lipinski definition) is 3. The molecule has 5 nitrogen and oxygen atoms in total. The predicted octanol–water partition coefficient (Wildman–Crippen LogP) is 3.61. The van der Waals surface area contributed by atoms with E-state index in [0.29, 0.717) is 16.2 Å². The van der Waals surface area contributed by atoms with E-state index in [1.807, 2.05) is 12.1 Å². The van der Waals surface area contributed by atoms with Crippen LogP contribution >= 0.6 is 12.2 Å². The molecule has 1 aliphatic heterocycles. The molecule has 2 heterocycles. The van der Waals surface area contributed by atoms with E-state index in [4.69, 9.17) is 17.0 Å². The molecule has 1 aliphatic rings. The summed E-state index contributed by atoms with van der Waals surface area (Å²) >= 11 is 5.40. The number of rotatable bonds is 4. The van der Waals surface area contributed by atoms with Crippen molar-refractivity contribution in [3.63, 3.8) is 0 Å². The third-order valence-corrected chi connectivity index (χ3v) is 4.11. The maximum atomic E-state index is 11.7. The van der Waals surface area contributed by atoms with Gasteiger partial charge in [-0.2, -0.15) is 0 Å². The molecule has 1 aromatic heterocycles. The number of carbonyl (C=O) groups is 1. The number of nitrogens with zero attached hydrogens (tertiary/aromatic N) is 1. The van der Waals surface area contributed by atoms with Crippen LogP contribution < -0.4 is 10.1 Å². The van der Waals surface area contributed by atoms with Crippen molar-refractivity contribution in [1.29, 1.82) is 0 Å². The van der Waals surface area contributed by atoms with Gasteiger partial charge in [0.1, 0.15) is 5.75 Å². The second kappa shape index (κ2) is 5.52. The number of anilines is 1. The normalized spacial score (nSPS) is 17.4. The smallest absolute Gasteiger partial charge is 0.265 e. The third-order valence-electron chi connectivity index (χ3n) is 3.79. The first-order chi connectivity index (χ1) is 10.1. The van der Waals surface area contributed by atoms with Gasteiger partial charge in [0.15, 0.2) is 10.9 Å². The van der Waals surface area contributed by atoms with E-state index in [1.165, 1.54) is 12.8 Å². The minimum Gasteiger partial charge on any atom is -0.479 e. The highest BCUT2D eigenvalue weighted by Gasteiger charge is 2.24. The maximum absolute atomic E-state index is 11.7. The van der Waals surface area contributed by atoms with E-state index < -0.39 is 6.10 Å². The summed E-state index contributed by atoms with van der Waals surface area (Å²) in [7, 11) is 0. The molecule has 112 valence electrons. The maximum Gasteiger partial charge on any atom is 0.265 e. The van der Waals surface area contributed by atoms with Crippen LogP contribution in [-0.4, -0.2) is 21.6 Å². The molecule has 6 heteroatoms. The zero-order chi connectivity index (χ0) is 15.0. The zero-order valence-electron chi connectivity index (χ0n) is 12.2. The van der Waals surface area contributed by atoms with Gasteiger partial charge in [0.05, 0.1) is 16.7 Å². The minimum atomic E-state index is -0.467. The van der Waals surface area contributed by atoms with Crippen LogP contribution in [0, 0.1) is 4.77 Å². The van der Waals surface area contributed by atoms with Gasteiger partial charge >= 0.3 is 0 Å². The van der Waals surface area contributed by atoms with Gasteiger partial charge in [-0.25, -0.2) is 0 Å². The molecule has 21 heavy (non-hydrogen) atoms. The molecule has 1 unspecified atom stereocenters. The molecule has 1 atom stereocenters. The van der Waals surface area contributed by atoms with Crippen LogP contribution in [0.3, 0.4) is 0 Å². The summed E-state index contributed by atoms with van der Waals surface area (Å²) in [5.74, 6) is 0.579. The van der Waals surface area contributed by atoms with E-state index in [0.717, 1.165) is 24.0 Å². The van der Waals surface area contributed by atoms with Gasteiger partial charge in [0.2, 0.25) is 0 Å². The van der Waals surface area contributed by atoms with Crippen LogP contribution in [-0.2, 0) is 11.3 Å². The minimum absolute atomic E-state index is 0.122. The Balaban J connectivity index is 2.03. The Bertz CT molecular complexity index is 747. The fourth-order valence-electron chi connectivity index (χ4n) is 2.60. The number of nitrogens with one attached hydrogen (secondary N) is 2. The second-order valence-electron chi connectivity index (χ2n) is 5.40.